The summed E-state index contributed by atoms with van der Waals surface area (Å²) in [7, 11) is 0. The van der Waals surface area contributed by atoms with Crippen molar-refractivity contribution in [3.8, 4) is 0 Å². The van der Waals surface area contributed by atoms with E-state index in [1.165, 1.54) is 62.6 Å². The predicted octanol–water partition coefficient (Wildman–Crippen LogP) is 11.2. The second kappa shape index (κ2) is 13.8. The zero-order valence-electron chi connectivity index (χ0n) is 23.1. The van der Waals surface area contributed by atoms with E-state index in [9.17, 15) is 0 Å². The number of fused-ring (bicyclic) bond motifs is 1. The SMILES string of the molecule is CCCCCCCCc1ccc(/N=N/c2ccc(/N=N/c3ccc(N4CCCC4)cc3)c3ccccc23)cc1. The van der Waals surface area contributed by atoms with Crippen LogP contribution in [0.25, 0.3) is 10.8 Å². The van der Waals surface area contributed by atoms with Crippen molar-refractivity contribution >= 4 is 39.2 Å². The van der Waals surface area contributed by atoms with Crippen molar-refractivity contribution in [2.75, 3.05) is 18.0 Å². The first-order valence-electron chi connectivity index (χ1n) is 14.6. The third-order valence-corrected chi connectivity index (χ3v) is 7.50. The number of azo groups is 2. The van der Waals surface area contributed by atoms with Crippen LogP contribution in [0.15, 0.2) is 105 Å². The molecule has 5 nitrogen and oxygen atoms in total. The van der Waals surface area contributed by atoms with E-state index in [0.29, 0.717) is 0 Å². The quantitative estimate of drug-likeness (QED) is 0.136. The molecule has 1 aliphatic heterocycles. The minimum Gasteiger partial charge on any atom is -0.372 e. The summed E-state index contributed by atoms with van der Waals surface area (Å²) < 4.78 is 0. The standard InChI is InChI=1S/C34H39N5/c1-2-3-4-5-6-7-12-27-15-17-28(18-16-27)35-37-33-23-24-34(32-14-9-8-13-31(32)33)38-36-29-19-21-30(22-20-29)39-25-10-11-26-39/h8-9,13-24H,2-7,10-12,25-26H2,1H3/b37-35+,38-36+. The van der Waals surface area contributed by atoms with E-state index in [-0.39, 0.29) is 0 Å². The molecular weight excluding hydrogens is 478 g/mol. The third kappa shape index (κ3) is 7.38. The van der Waals surface area contributed by atoms with Gasteiger partial charge in [-0.2, -0.15) is 10.2 Å². The molecule has 0 unspecified atom stereocenters. The lowest BCUT2D eigenvalue weighted by molar-refractivity contribution is 0.607. The van der Waals surface area contributed by atoms with Crippen LogP contribution in [0, 0.1) is 0 Å². The number of hydrogen-bond donors (Lipinski definition) is 0. The van der Waals surface area contributed by atoms with Crippen LogP contribution in [-0.2, 0) is 6.42 Å². The van der Waals surface area contributed by atoms with Gasteiger partial charge in [-0.15, -0.1) is 10.2 Å². The maximum atomic E-state index is 4.59. The van der Waals surface area contributed by atoms with Crippen LogP contribution in [0.4, 0.5) is 28.4 Å². The van der Waals surface area contributed by atoms with Crippen LogP contribution in [0.2, 0.25) is 0 Å². The van der Waals surface area contributed by atoms with Crippen molar-refractivity contribution in [3.63, 3.8) is 0 Å². The molecule has 1 saturated heterocycles. The fraction of sp³-hybridized carbons (Fsp3) is 0.353. The van der Waals surface area contributed by atoms with Gasteiger partial charge in [0.25, 0.3) is 0 Å². The molecule has 0 spiro atoms. The summed E-state index contributed by atoms with van der Waals surface area (Å²) in [5.41, 5.74) is 6.01. The second-order valence-electron chi connectivity index (χ2n) is 10.4. The largest absolute Gasteiger partial charge is 0.372 e. The summed E-state index contributed by atoms with van der Waals surface area (Å²) in [5.74, 6) is 0. The molecule has 0 amide bonds. The highest BCUT2D eigenvalue weighted by atomic mass is 15.1. The summed E-state index contributed by atoms with van der Waals surface area (Å²) in [6.45, 7) is 4.54. The summed E-state index contributed by atoms with van der Waals surface area (Å²) >= 11 is 0. The van der Waals surface area contributed by atoms with Crippen LogP contribution in [0.5, 0.6) is 0 Å². The number of nitrogens with zero attached hydrogens (tertiary/aromatic N) is 5. The molecular formula is C34H39N5. The van der Waals surface area contributed by atoms with Gasteiger partial charge in [0.15, 0.2) is 0 Å². The number of benzene rings is 4. The first kappa shape index (κ1) is 26.7. The van der Waals surface area contributed by atoms with E-state index in [1.54, 1.807) is 0 Å². The predicted molar refractivity (Wildman–Crippen MR) is 164 cm³/mol. The van der Waals surface area contributed by atoms with E-state index in [2.05, 4.69) is 80.8 Å². The number of anilines is 1. The Bertz CT molecular complexity index is 1380. The van der Waals surface area contributed by atoms with E-state index >= 15 is 0 Å². The number of unbranched alkanes of at least 4 members (excludes halogenated alkanes) is 5. The minimum atomic E-state index is 0.826. The molecule has 4 aromatic carbocycles. The molecule has 39 heavy (non-hydrogen) atoms. The number of rotatable bonds is 12. The molecule has 1 aliphatic rings. The fourth-order valence-electron chi connectivity index (χ4n) is 5.21. The molecule has 0 saturated carbocycles. The number of hydrogen-bond acceptors (Lipinski definition) is 5. The monoisotopic (exact) mass is 517 g/mol. The molecule has 0 atom stereocenters. The van der Waals surface area contributed by atoms with Crippen molar-refractivity contribution in [1.82, 2.24) is 0 Å². The molecule has 5 rings (SSSR count). The molecule has 200 valence electrons. The number of aryl methyl sites for hydroxylation is 1. The van der Waals surface area contributed by atoms with E-state index < -0.39 is 0 Å². The van der Waals surface area contributed by atoms with Gasteiger partial charge < -0.3 is 4.90 Å². The van der Waals surface area contributed by atoms with Crippen molar-refractivity contribution in [1.29, 1.82) is 0 Å². The lowest BCUT2D eigenvalue weighted by Crippen LogP contribution is -2.17. The molecule has 5 heteroatoms. The van der Waals surface area contributed by atoms with Crippen molar-refractivity contribution in [2.24, 2.45) is 20.5 Å². The first-order chi connectivity index (χ1) is 19.3. The molecule has 0 N–H and O–H groups in total. The highest BCUT2D eigenvalue weighted by molar-refractivity contribution is 5.99. The van der Waals surface area contributed by atoms with Crippen LogP contribution in [0.1, 0.15) is 63.9 Å². The van der Waals surface area contributed by atoms with Gasteiger partial charge in [-0.05, 0) is 79.8 Å². The molecule has 4 aromatic rings. The topological polar surface area (TPSA) is 52.7 Å². The lowest BCUT2D eigenvalue weighted by Gasteiger charge is -2.17. The summed E-state index contributed by atoms with van der Waals surface area (Å²) in [6, 6.07) is 29.0. The Hall–Kier alpha value is -3.86. The van der Waals surface area contributed by atoms with Gasteiger partial charge in [-0.1, -0.05) is 75.4 Å². The molecule has 0 bridgehead atoms. The van der Waals surface area contributed by atoms with Gasteiger partial charge in [0.1, 0.15) is 0 Å². The Balaban J connectivity index is 1.24. The zero-order valence-corrected chi connectivity index (χ0v) is 23.1. The average molecular weight is 518 g/mol. The van der Waals surface area contributed by atoms with Crippen LogP contribution in [-0.4, -0.2) is 13.1 Å². The van der Waals surface area contributed by atoms with Gasteiger partial charge in [0, 0.05) is 29.5 Å². The van der Waals surface area contributed by atoms with E-state index in [1.807, 2.05) is 36.4 Å². The van der Waals surface area contributed by atoms with Gasteiger partial charge in [-0.3, -0.25) is 0 Å². The third-order valence-electron chi connectivity index (χ3n) is 7.50. The summed E-state index contributed by atoms with van der Waals surface area (Å²) in [6.07, 6.45) is 11.6. The Morgan fingerprint density at radius 1 is 0.564 bits per heavy atom. The fourth-order valence-corrected chi connectivity index (χ4v) is 5.21. The Kier molecular flexibility index (Phi) is 9.45. The normalized spacial score (nSPS) is 13.8. The maximum Gasteiger partial charge on any atom is 0.0936 e. The van der Waals surface area contributed by atoms with Crippen LogP contribution in [0.3, 0.4) is 0 Å². The van der Waals surface area contributed by atoms with Crippen LogP contribution >= 0.6 is 0 Å². The highest BCUT2D eigenvalue weighted by Crippen LogP contribution is 2.35. The first-order valence-corrected chi connectivity index (χ1v) is 14.6. The minimum absolute atomic E-state index is 0.826. The molecule has 0 aliphatic carbocycles. The van der Waals surface area contributed by atoms with Gasteiger partial charge in [0.2, 0.25) is 0 Å². The van der Waals surface area contributed by atoms with Gasteiger partial charge in [-0.25, -0.2) is 0 Å². The van der Waals surface area contributed by atoms with Gasteiger partial charge in [0.05, 0.1) is 22.7 Å². The second-order valence-corrected chi connectivity index (χ2v) is 10.4. The molecule has 1 heterocycles. The Morgan fingerprint density at radius 3 is 1.69 bits per heavy atom. The lowest BCUT2D eigenvalue weighted by atomic mass is 10.0. The Labute approximate surface area is 232 Å². The van der Waals surface area contributed by atoms with Crippen molar-refractivity contribution in [2.45, 2.75) is 64.7 Å². The van der Waals surface area contributed by atoms with E-state index in [4.69, 9.17) is 0 Å². The Morgan fingerprint density at radius 2 is 1.10 bits per heavy atom. The van der Waals surface area contributed by atoms with Crippen LogP contribution < -0.4 is 4.90 Å². The highest BCUT2D eigenvalue weighted by Gasteiger charge is 2.11. The van der Waals surface area contributed by atoms with Crippen molar-refractivity contribution < 1.29 is 0 Å². The molecule has 0 radical (unpaired) electrons. The summed E-state index contributed by atoms with van der Waals surface area (Å²) in [5, 5.41) is 20.3. The van der Waals surface area contributed by atoms with E-state index in [0.717, 1.165) is 53.0 Å². The zero-order chi connectivity index (χ0) is 26.7. The molecule has 1 fully saturated rings. The smallest absolute Gasteiger partial charge is 0.0936 e. The maximum absolute atomic E-state index is 4.59. The van der Waals surface area contributed by atoms with Gasteiger partial charge >= 0.3 is 0 Å². The molecule has 0 aromatic heterocycles. The summed E-state index contributed by atoms with van der Waals surface area (Å²) in [4.78, 5) is 2.42. The average Bonchev–Trinajstić information content (AvgIpc) is 3.53. The van der Waals surface area contributed by atoms with Crippen molar-refractivity contribution in [3.05, 3.63) is 90.5 Å².